The molecular formula is C15H14Cl2N2O3. The van der Waals surface area contributed by atoms with E-state index in [1.807, 2.05) is 6.07 Å². The zero-order valence-electron chi connectivity index (χ0n) is 11.5. The lowest BCUT2D eigenvalue weighted by Gasteiger charge is -2.07. The minimum atomic E-state index is -0.691. The number of H-pyrrole nitrogens is 1. The molecule has 0 radical (unpaired) electrons. The van der Waals surface area contributed by atoms with E-state index in [-0.39, 0.29) is 5.56 Å². The van der Waals surface area contributed by atoms with Crippen molar-refractivity contribution in [2.24, 2.45) is 0 Å². The van der Waals surface area contributed by atoms with E-state index in [9.17, 15) is 14.7 Å². The predicted molar refractivity (Wildman–Crippen MR) is 85.8 cm³/mol. The number of hydrogen-bond donors (Lipinski definition) is 3. The Morgan fingerprint density at radius 2 is 2.00 bits per heavy atom. The Kier molecular flexibility index (Phi) is 5.46. The van der Waals surface area contributed by atoms with Gasteiger partial charge in [0.25, 0.3) is 11.5 Å². The molecule has 0 aliphatic rings. The summed E-state index contributed by atoms with van der Waals surface area (Å²) in [6.45, 7) is 0.408. The lowest BCUT2D eigenvalue weighted by molar-refractivity contribution is 0.0950. The number of halogens is 2. The van der Waals surface area contributed by atoms with Crippen LogP contribution in [-0.4, -0.2) is 22.5 Å². The van der Waals surface area contributed by atoms with E-state index >= 15 is 0 Å². The van der Waals surface area contributed by atoms with Crippen LogP contribution >= 0.6 is 23.2 Å². The van der Waals surface area contributed by atoms with E-state index in [4.69, 9.17) is 23.2 Å². The Labute approximate surface area is 136 Å². The van der Waals surface area contributed by atoms with Crippen molar-refractivity contribution >= 4 is 29.1 Å². The number of aromatic nitrogens is 1. The van der Waals surface area contributed by atoms with Gasteiger partial charge in [-0.2, -0.15) is 0 Å². The van der Waals surface area contributed by atoms with Crippen molar-refractivity contribution in [1.82, 2.24) is 10.3 Å². The molecule has 0 atom stereocenters. The highest BCUT2D eigenvalue weighted by molar-refractivity contribution is 6.42. The summed E-state index contributed by atoms with van der Waals surface area (Å²) in [5.41, 5.74) is 0.282. The topological polar surface area (TPSA) is 82.2 Å². The predicted octanol–water partition coefficient (Wildman–Crippen LogP) is 2.75. The first-order chi connectivity index (χ1) is 10.5. The number of carbonyl (C=O) groups is 1. The molecular weight excluding hydrogens is 327 g/mol. The average molecular weight is 341 g/mol. The van der Waals surface area contributed by atoms with Crippen molar-refractivity contribution in [3.8, 4) is 5.75 Å². The molecule has 0 fully saturated rings. The molecule has 3 N–H and O–H groups in total. The summed E-state index contributed by atoms with van der Waals surface area (Å²) in [6, 6.07) is 6.74. The summed E-state index contributed by atoms with van der Waals surface area (Å²) in [4.78, 5) is 25.4. The first-order valence-corrected chi connectivity index (χ1v) is 7.37. The number of carbonyl (C=O) groups excluding carboxylic acids is 1. The number of nitrogens with one attached hydrogen (secondary N) is 2. The molecule has 1 aromatic heterocycles. The molecule has 0 aliphatic heterocycles. The first kappa shape index (κ1) is 16.4. The highest BCUT2D eigenvalue weighted by atomic mass is 35.5. The summed E-state index contributed by atoms with van der Waals surface area (Å²) >= 11 is 11.8. The molecule has 0 bridgehead atoms. The zero-order valence-corrected chi connectivity index (χ0v) is 13.0. The number of aryl methyl sites for hydroxylation is 1. The van der Waals surface area contributed by atoms with Crippen LogP contribution in [0.5, 0.6) is 5.75 Å². The molecule has 0 saturated carbocycles. The summed E-state index contributed by atoms with van der Waals surface area (Å²) in [7, 11) is 0. The Bertz CT molecular complexity index is 744. The number of rotatable bonds is 5. The maximum absolute atomic E-state index is 11.9. The molecule has 1 aromatic carbocycles. The minimum absolute atomic E-state index is 0.0433. The van der Waals surface area contributed by atoms with Crippen LogP contribution < -0.4 is 10.9 Å². The summed E-state index contributed by atoms with van der Waals surface area (Å²) in [5.74, 6) is -1.07. The fraction of sp³-hybridized carbons (Fsp3) is 0.200. The van der Waals surface area contributed by atoms with Crippen molar-refractivity contribution in [2.75, 3.05) is 6.54 Å². The van der Waals surface area contributed by atoms with E-state index in [1.54, 1.807) is 12.1 Å². The smallest absolute Gasteiger partial charge is 0.290 e. The van der Waals surface area contributed by atoms with Crippen LogP contribution in [0, 0.1) is 0 Å². The van der Waals surface area contributed by atoms with Crippen LogP contribution in [0.1, 0.15) is 22.3 Å². The molecule has 0 saturated heterocycles. The molecule has 5 nitrogen and oxygen atoms in total. The number of pyridine rings is 1. The third-order valence-electron chi connectivity index (χ3n) is 3.09. The van der Waals surface area contributed by atoms with Crippen LogP contribution in [0.25, 0.3) is 0 Å². The maximum atomic E-state index is 11.9. The second kappa shape index (κ2) is 7.33. The van der Waals surface area contributed by atoms with Crippen LogP contribution in [-0.2, 0) is 6.42 Å². The molecule has 1 amide bonds. The van der Waals surface area contributed by atoms with Gasteiger partial charge >= 0.3 is 0 Å². The number of benzene rings is 1. The van der Waals surface area contributed by atoms with Gasteiger partial charge in [-0.25, -0.2) is 0 Å². The van der Waals surface area contributed by atoms with Gasteiger partial charge in [-0.05, 0) is 36.6 Å². The standard InChI is InChI=1S/C15H14Cl2N2O3/c16-11-4-3-9(8-12(11)17)2-1-6-18-14(21)10-5-7-19-15(22)13(10)20/h3-5,7-8,20H,1-2,6H2,(H,18,21)(H,19,22). The number of hydrogen-bond acceptors (Lipinski definition) is 3. The van der Waals surface area contributed by atoms with E-state index in [1.165, 1.54) is 12.3 Å². The second-order valence-electron chi connectivity index (χ2n) is 4.68. The van der Waals surface area contributed by atoms with Crippen molar-refractivity contribution < 1.29 is 9.90 Å². The van der Waals surface area contributed by atoms with Gasteiger partial charge in [0.2, 0.25) is 0 Å². The van der Waals surface area contributed by atoms with Gasteiger partial charge < -0.3 is 15.4 Å². The average Bonchev–Trinajstić information content (AvgIpc) is 2.49. The molecule has 0 aliphatic carbocycles. The van der Waals surface area contributed by atoms with Crippen molar-refractivity contribution in [1.29, 1.82) is 0 Å². The summed E-state index contributed by atoms with van der Waals surface area (Å²) in [6.07, 6.45) is 2.72. The Hall–Kier alpha value is -1.98. The van der Waals surface area contributed by atoms with E-state index in [2.05, 4.69) is 10.3 Å². The Morgan fingerprint density at radius 1 is 1.23 bits per heavy atom. The fourth-order valence-electron chi connectivity index (χ4n) is 1.94. The first-order valence-electron chi connectivity index (χ1n) is 6.62. The minimum Gasteiger partial charge on any atom is -0.502 e. The maximum Gasteiger partial charge on any atom is 0.290 e. The zero-order chi connectivity index (χ0) is 16.1. The van der Waals surface area contributed by atoms with Gasteiger partial charge in [0.15, 0.2) is 5.75 Å². The van der Waals surface area contributed by atoms with E-state index in [0.717, 1.165) is 12.0 Å². The van der Waals surface area contributed by atoms with Crippen molar-refractivity contribution in [3.05, 3.63) is 62.0 Å². The number of aromatic amines is 1. The SMILES string of the molecule is O=C(NCCCc1ccc(Cl)c(Cl)c1)c1cc[nH]c(=O)c1O. The fourth-order valence-corrected chi connectivity index (χ4v) is 2.26. The van der Waals surface area contributed by atoms with Crippen LogP contribution in [0.4, 0.5) is 0 Å². The van der Waals surface area contributed by atoms with Crippen molar-refractivity contribution in [3.63, 3.8) is 0 Å². The van der Waals surface area contributed by atoms with Crippen LogP contribution in [0.2, 0.25) is 10.0 Å². The van der Waals surface area contributed by atoms with E-state index < -0.39 is 17.2 Å². The van der Waals surface area contributed by atoms with Gasteiger partial charge in [-0.3, -0.25) is 9.59 Å². The van der Waals surface area contributed by atoms with Gasteiger partial charge in [-0.15, -0.1) is 0 Å². The van der Waals surface area contributed by atoms with Crippen LogP contribution in [0.3, 0.4) is 0 Å². The van der Waals surface area contributed by atoms with E-state index in [0.29, 0.717) is 23.0 Å². The van der Waals surface area contributed by atoms with Gasteiger partial charge in [-0.1, -0.05) is 29.3 Å². The molecule has 1 heterocycles. The highest BCUT2D eigenvalue weighted by Crippen LogP contribution is 2.23. The molecule has 7 heteroatoms. The second-order valence-corrected chi connectivity index (χ2v) is 5.49. The largest absolute Gasteiger partial charge is 0.502 e. The molecule has 0 spiro atoms. The third kappa shape index (κ3) is 4.02. The summed E-state index contributed by atoms with van der Waals surface area (Å²) in [5, 5.41) is 13.2. The van der Waals surface area contributed by atoms with Gasteiger partial charge in [0.1, 0.15) is 0 Å². The summed E-state index contributed by atoms with van der Waals surface area (Å²) < 4.78 is 0. The molecule has 2 aromatic rings. The lowest BCUT2D eigenvalue weighted by Crippen LogP contribution is -2.26. The Balaban J connectivity index is 1.86. The molecule has 116 valence electrons. The molecule has 22 heavy (non-hydrogen) atoms. The number of aromatic hydroxyl groups is 1. The van der Waals surface area contributed by atoms with Gasteiger partial charge in [0.05, 0.1) is 15.6 Å². The van der Waals surface area contributed by atoms with Gasteiger partial charge in [0, 0.05) is 12.7 Å². The molecule has 0 unspecified atom stereocenters. The molecule has 2 rings (SSSR count). The number of amides is 1. The monoisotopic (exact) mass is 340 g/mol. The quantitative estimate of drug-likeness (QED) is 0.732. The highest BCUT2D eigenvalue weighted by Gasteiger charge is 2.12. The van der Waals surface area contributed by atoms with Crippen molar-refractivity contribution in [2.45, 2.75) is 12.8 Å². The normalized spacial score (nSPS) is 10.5. The Morgan fingerprint density at radius 3 is 2.73 bits per heavy atom. The lowest BCUT2D eigenvalue weighted by atomic mass is 10.1. The van der Waals surface area contributed by atoms with Crippen LogP contribution in [0.15, 0.2) is 35.3 Å². The third-order valence-corrected chi connectivity index (χ3v) is 3.83.